The van der Waals surface area contributed by atoms with Gasteiger partial charge in [0, 0.05) is 6.61 Å². The summed E-state index contributed by atoms with van der Waals surface area (Å²) >= 11 is 0. The van der Waals surface area contributed by atoms with E-state index in [4.69, 9.17) is 0 Å². The summed E-state index contributed by atoms with van der Waals surface area (Å²) in [5.74, 6) is 1.04. The van der Waals surface area contributed by atoms with E-state index < -0.39 is 0 Å². The maximum atomic E-state index is 9.20. The molecule has 1 aromatic carbocycles. The third-order valence-corrected chi connectivity index (χ3v) is 4.47. The van der Waals surface area contributed by atoms with Gasteiger partial charge in [-0.3, -0.25) is 0 Å². The summed E-state index contributed by atoms with van der Waals surface area (Å²) in [6, 6.07) is 10.9. The number of hydrogen-bond acceptors (Lipinski definition) is 2. The SMILES string of the molecule is C[N-][C@@H](c1ccccc1)[C@@H](C)CN1CCC(CO)CC1. The molecule has 0 saturated carbocycles. The van der Waals surface area contributed by atoms with Crippen LogP contribution in [0.2, 0.25) is 0 Å². The molecule has 1 fully saturated rings. The van der Waals surface area contributed by atoms with Crippen LogP contribution in [0.15, 0.2) is 30.3 Å². The van der Waals surface area contributed by atoms with E-state index >= 15 is 0 Å². The predicted molar refractivity (Wildman–Crippen MR) is 83.9 cm³/mol. The molecule has 0 unspecified atom stereocenters. The fourth-order valence-electron chi connectivity index (χ4n) is 3.24. The Morgan fingerprint density at radius 3 is 2.45 bits per heavy atom. The summed E-state index contributed by atoms with van der Waals surface area (Å²) in [6.07, 6.45) is 2.25. The molecule has 0 radical (unpaired) electrons. The molecule has 2 rings (SSSR count). The Morgan fingerprint density at radius 1 is 1.25 bits per heavy atom. The van der Waals surface area contributed by atoms with Crippen molar-refractivity contribution in [2.45, 2.75) is 25.8 Å². The van der Waals surface area contributed by atoms with E-state index in [1.165, 1.54) is 5.56 Å². The van der Waals surface area contributed by atoms with Crippen molar-refractivity contribution < 1.29 is 5.11 Å². The van der Waals surface area contributed by atoms with Gasteiger partial charge in [-0.2, -0.15) is 7.05 Å². The molecule has 0 aromatic heterocycles. The number of rotatable bonds is 6. The topological polar surface area (TPSA) is 37.6 Å². The Bertz CT molecular complexity index is 374. The van der Waals surface area contributed by atoms with Crippen LogP contribution in [0.4, 0.5) is 0 Å². The van der Waals surface area contributed by atoms with Crippen LogP contribution in [0.1, 0.15) is 31.4 Å². The molecule has 1 heterocycles. The largest absolute Gasteiger partial charge is 0.658 e. The maximum Gasteiger partial charge on any atom is 0.0460 e. The van der Waals surface area contributed by atoms with Gasteiger partial charge >= 0.3 is 0 Å². The Morgan fingerprint density at radius 2 is 1.90 bits per heavy atom. The summed E-state index contributed by atoms with van der Waals surface area (Å²) in [6.45, 7) is 5.96. The fourth-order valence-corrected chi connectivity index (χ4v) is 3.24. The minimum Gasteiger partial charge on any atom is -0.658 e. The normalized spacial score (nSPS) is 20.8. The van der Waals surface area contributed by atoms with Crippen molar-refractivity contribution in [3.8, 4) is 0 Å². The van der Waals surface area contributed by atoms with Crippen LogP contribution in [-0.2, 0) is 0 Å². The van der Waals surface area contributed by atoms with Gasteiger partial charge < -0.3 is 15.3 Å². The first-order chi connectivity index (χ1) is 9.74. The lowest BCUT2D eigenvalue weighted by Crippen LogP contribution is -2.38. The van der Waals surface area contributed by atoms with Crippen LogP contribution in [0.3, 0.4) is 0 Å². The number of likely N-dealkylation sites (tertiary alicyclic amines) is 1. The second-order valence-corrected chi connectivity index (χ2v) is 6.02. The molecule has 1 aromatic rings. The molecule has 0 aliphatic carbocycles. The third-order valence-electron chi connectivity index (χ3n) is 4.47. The first-order valence-corrected chi connectivity index (χ1v) is 7.71. The highest BCUT2D eigenvalue weighted by Gasteiger charge is 2.21. The van der Waals surface area contributed by atoms with E-state index in [0.717, 1.165) is 32.5 Å². The van der Waals surface area contributed by atoms with E-state index in [1.54, 1.807) is 0 Å². The smallest absolute Gasteiger partial charge is 0.0460 e. The second kappa shape index (κ2) is 7.77. The molecule has 3 nitrogen and oxygen atoms in total. The lowest BCUT2D eigenvalue weighted by atomic mass is 9.92. The van der Waals surface area contributed by atoms with Crippen LogP contribution in [0, 0.1) is 11.8 Å². The molecule has 1 aliphatic rings. The van der Waals surface area contributed by atoms with E-state index in [2.05, 4.69) is 47.5 Å². The van der Waals surface area contributed by atoms with Crippen molar-refractivity contribution in [1.29, 1.82) is 0 Å². The van der Waals surface area contributed by atoms with Gasteiger partial charge in [0.15, 0.2) is 0 Å². The number of benzene rings is 1. The van der Waals surface area contributed by atoms with Gasteiger partial charge in [0.1, 0.15) is 0 Å². The number of piperidine rings is 1. The first-order valence-electron chi connectivity index (χ1n) is 7.71. The van der Waals surface area contributed by atoms with Crippen molar-refractivity contribution in [2.75, 3.05) is 33.3 Å². The lowest BCUT2D eigenvalue weighted by molar-refractivity contribution is 0.119. The molecular formula is C17H27N2O-. The molecule has 0 spiro atoms. The zero-order valence-corrected chi connectivity index (χ0v) is 12.7. The molecule has 2 atom stereocenters. The van der Waals surface area contributed by atoms with E-state index in [9.17, 15) is 5.11 Å². The summed E-state index contributed by atoms with van der Waals surface area (Å²) in [5, 5.41) is 13.8. The number of hydrogen-bond donors (Lipinski definition) is 1. The Balaban J connectivity index is 1.88. The third kappa shape index (κ3) is 4.05. The van der Waals surface area contributed by atoms with Crippen LogP contribution in [0.5, 0.6) is 0 Å². The Kier molecular flexibility index (Phi) is 6.02. The molecule has 20 heavy (non-hydrogen) atoms. The zero-order valence-electron chi connectivity index (χ0n) is 12.7. The number of aliphatic hydroxyl groups excluding tert-OH is 1. The predicted octanol–water partition coefficient (Wildman–Crippen LogP) is 3.07. The molecule has 0 bridgehead atoms. The van der Waals surface area contributed by atoms with Gasteiger partial charge in [-0.1, -0.05) is 42.8 Å². The molecule has 0 amide bonds. The zero-order chi connectivity index (χ0) is 14.4. The van der Waals surface area contributed by atoms with E-state index in [-0.39, 0.29) is 6.04 Å². The fraction of sp³-hybridized carbons (Fsp3) is 0.647. The number of nitrogens with zero attached hydrogens (tertiary/aromatic N) is 2. The summed E-state index contributed by atoms with van der Waals surface area (Å²) in [4.78, 5) is 2.53. The van der Waals surface area contributed by atoms with Gasteiger partial charge in [0.2, 0.25) is 0 Å². The average molecular weight is 275 g/mol. The van der Waals surface area contributed by atoms with Crippen LogP contribution in [0.25, 0.3) is 5.32 Å². The molecule has 1 N–H and O–H groups in total. The number of aliphatic hydroxyl groups is 1. The highest BCUT2D eigenvalue weighted by Crippen LogP contribution is 2.30. The van der Waals surface area contributed by atoms with Crippen molar-refractivity contribution in [2.24, 2.45) is 11.8 Å². The summed E-state index contributed by atoms with van der Waals surface area (Å²) < 4.78 is 0. The minimum absolute atomic E-state index is 0.284. The Labute approximate surface area is 123 Å². The second-order valence-electron chi connectivity index (χ2n) is 6.02. The van der Waals surface area contributed by atoms with Crippen LogP contribution < -0.4 is 0 Å². The highest BCUT2D eigenvalue weighted by molar-refractivity contribution is 5.23. The first kappa shape index (κ1) is 15.5. The lowest BCUT2D eigenvalue weighted by Gasteiger charge is -2.39. The van der Waals surface area contributed by atoms with Crippen molar-refractivity contribution >= 4 is 0 Å². The van der Waals surface area contributed by atoms with Gasteiger partial charge in [-0.25, -0.2) is 0 Å². The average Bonchev–Trinajstić information content (AvgIpc) is 2.50. The van der Waals surface area contributed by atoms with Crippen molar-refractivity contribution in [1.82, 2.24) is 4.90 Å². The maximum absolute atomic E-state index is 9.20. The summed E-state index contributed by atoms with van der Waals surface area (Å²) in [5.41, 5.74) is 1.31. The minimum atomic E-state index is 0.284. The van der Waals surface area contributed by atoms with Crippen LogP contribution in [-0.4, -0.2) is 43.3 Å². The molecular weight excluding hydrogens is 248 g/mol. The monoisotopic (exact) mass is 275 g/mol. The van der Waals surface area contributed by atoms with E-state index in [0.29, 0.717) is 18.4 Å². The Hall–Kier alpha value is -0.900. The molecule has 1 aliphatic heterocycles. The van der Waals surface area contributed by atoms with E-state index in [1.807, 2.05) is 7.05 Å². The van der Waals surface area contributed by atoms with Gasteiger partial charge in [0.25, 0.3) is 0 Å². The molecule has 3 heteroatoms. The van der Waals surface area contributed by atoms with Crippen molar-refractivity contribution in [3.05, 3.63) is 41.2 Å². The molecule has 112 valence electrons. The quantitative estimate of drug-likeness (QED) is 0.866. The standard InChI is InChI=1S/C17H27N2O/c1-14(12-19-10-8-15(13-20)9-11-19)17(18-2)16-6-4-3-5-7-16/h3-7,14-15,17,20H,8-13H2,1-2H3/q-1/t14-,17+/m0/s1. The highest BCUT2D eigenvalue weighted by atomic mass is 16.3. The summed E-state index contributed by atoms with van der Waals surface area (Å²) in [7, 11) is 1.92. The van der Waals surface area contributed by atoms with Gasteiger partial charge in [-0.15, -0.1) is 6.04 Å². The van der Waals surface area contributed by atoms with Crippen molar-refractivity contribution in [3.63, 3.8) is 0 Å². The van der Waals surface area contributed by atoms with Gasteiger partial charge in [-0.05, 0) is 44.3 Å². The van der Waals surface area contributed by atoms with Crippen LogP contribution >= 0.6 is 0 Å². The molecule has 1 saturated heterocycles. The van der Waals surface area contributed by atoms with Gasteiger partial charge in [0.05, 0.1) is 0 Å².